The van der Waals surface area contributed by atoms with Crippen molar-refractivity contribution in [2.24, 2.45) is 0 Å². The highest BCUT2D eigenvalue weighted by molar-refractivity contribution is 7.20. The second kappa shape index (κ2) is 7.17. The van der Waals surface area contributed by atoms with Crippen LogP contribution in [0.25, 0.3) is 10.1 Å². The summed E-state index contributed by atoms with van der Waals surface area (Å²) in [7, 11) is 0. The van der Waals surface area contributed by atoms with Crippen molar-refractivity contribution in [3.05, 3.63) is 64.8 Å². The molecule has 0 radical (unpaired) electrons. The summed E-state index contributed by atoms with van der Waals surface area (Å²) in [5, 5.41) is 2.50. The molecule has 1 N–H and O–H groups in total. The summed E-state index contributed by atoms with van der Waals surface area (Å²) in [4.78, 5) is 24.3. The number of amides is 1. The maximum absolute atomic E-state index is 13.7. The molecule has 0 aliphatic carbocycles. The Labute approximate surface area is 150 Å². The smallest absolute Gasteiger partial charge is 0.349 e. The van der Waals surface area contributed by atoms with Gasteiger partial charge < -0.3 is 10.1 Å². The third kappa shape index (κ3) is 3.70. The number of hydrogen-bond donors (Lipinski definition) is 1. The fourth-order valence-corrected chi connectivity index (χ4v) is 3.18. The number of ether oxygens (including phenoxy) is 1. The number of benzene rings is 2. The van der Waals surface area contributed by atoms with Gasteiger partial charge in [0.2, 0.25) is 0 Å². The van der Waals surface area contributed by atoms with Crippen molar-refractivity contribution in [1.29, 1.82) is 0 Å². The molecule has 0 aliphatic heterocycles. The summed E-state index contributed by atoms with van der Waals surface area (Å²) in [5.74, 6) is -3.77. The standard InChI is InChI=1S/C18H12F3NO3S/c1-9(17(23)22-14-6-5-10(19)7-13(14)21)25-18(24)16-8-11-12(20)3-2-4-15(11)26-16/h2-9H,1H3,(H,22,23)/t9-/m1/s1. The van der Waals surface area contributed by atoms with Gasteiger partial charge in [0, 0.05) is 16.2 Å². The van der Waals surface area contributed by atoms with Crippen LogP contribution in [0, 0.1) is 17.5 Å². The first-order chi connectivity index (χ1) is 12.3. The normalized spacial score (nSPS) is 12.0. The van der Waals surface area contributed by atoms with Gasteiger partial charge in [0.05, 0.1) is 5.69 Å². The van der Waals surface area contributed by atoms with E-state index in [1.807, 2.05) is 0 Å². The molecule has 2 aromatic carbocycles. The van der Waals surface area contributed by atoms with E-state index in [0.717, 1.165) is 23.5 Å². The van der Waals surface area contributed by atoms with Crippen molar-refractivity contribution < 1.29 is 27.5 Å². The van der Waals surface area contributed by atoms with E-state index in [9.17, 15) is 22.8 Å². The van der Waals surface area contributed by atoms with Crippen molar-refractivity contribution in [2.75, 3.05) is 5.32 Å². The summed E-state index contributed by atoms with van der Waals surface area (Å²) < 4.78 is 45.7. The Morgan fingerprint density at radius 1 is 1.08 bits per heavy atom. The number of halogens is 3. The van der Waals surface area contributed by atoms with Gasteiger partial charge in [-0.05, 0) is 37.3 Å². The molecule has 8 heteroatoms. The minimum absolute atomic E-state index is 0.137. The maximum Gasteiger partial charge on any atom is 0.349 e. The summed E-state index contributed by atoms with van der Waals surface area (Å²) in [6.45, 7) is 1.31. The third-order valence-electron chi connectivity index (χ3n) is 3.55. The van der Waals surface area contributed by atoms with Crippen LogP contribution in [-0.4, -0.2) is 18.0 Å². The predicted molar refractivity (Wildman–Crippen MR) is 91.6 cm³/mol. The molecule has 3 aromatic rings. The molecule has 3 rings (SSSR count). The molecule has 0 bridgehead atoms. The van der Waals surface area contributed by atoms with E-state index in [-0.39, 0.29) is 16.0 Å². The molecule has 1 aromatic heterocycles. The molecule has 0 unspecified atom stereocenters. The quantitative estimate of drug-likeness (QED) is 0.679. The van der Waals surface area contributed by atoms with Gasteiger partial charge in [0.1, 0.15) is 22.3 Å². The molecule has 1 amide bonds. The molecule has 1 heterocycles. The summed E-state index contributed by atoms with van der Waals surface area (Å²) in [5.41, 5.74) is -0.233. The zero-order valence-corrected chi connectivity index (χ0v) is 14.2. The number of nitrogens with one attached hydrogen (secondary N) is 1. The van der Waals surface area contributed by atoms with Crippen LogP contribution in [0.2, 0.25) is 0 Å². The second-order valence-corrected chi connectivity index (χ2v) is 6.51. The lowest BCUT2D eigenvalue weighted by atomic mass is 10.2. The minimum atomic E-state index is -1.23. The average Bonchev–Trinajstić information content (AvgIpc) is 3.03. The Morgan fingerprint density at radius 2 is 1.85 bits per heavy atom. The zero-order valence-electron chi connectivity index (χ0n) is 13.4. The van der Waals surface area contributed by atoms with E-state index >= 15 is 0 Å². The number of thiophene rings is 1. The Bertz CT molecular complexity index is 1000. The predicted octanol–water partition coefficient (Wildman–Crippen LogP) is 4.50. The second-order valence-electron chi connectivity index (χ2n) is 5.42. The largest absolute Gasteiger partial charge is 0.448 e. The van der Waals surface area contributed by atoms with Crippen LogP contribution in [0.3, 0.4) is 0 Å². The molecule has 0 fully saturated rings. The van der Waals surface area contributed by atoms with Crippen LogP contribution < -0.4 is 5.32 Å². The van der Waals surface area contributed by atoms with Gasteiger partial charge >= 0.3 is 5.97 Å². The van der Waals surface area contributed by atoms with Crippen molar-refractivity contribution >= 4 is 39.0 Å². The monoisotopic (exact) mass is 379 g/mol. The molecule has 0 saturated heterocycles. The molecule has 1 atom stereocenters. The first-order valence-corrected chi connectivity index (χ1v) is 8.32. The van der Waals surface area contributed by atoms with E-state index in [1.54, 1.807) is 6.07 Å². The molecular formula is C18H12F3NO3S. The fraction of sp³-hybridized carbons (Fsp3) is 0.111. The van der Waals surface area contributed by atoms with Crippen LogP contribution in [-0.2, 0) is 9.53 Å². The highest BCUT2D eigenvalue weighted by atomic mass is 32.1. The average molecular weight is 379 g/mol. The van der Waals surface area contributed by atoms with Crippen LogP contribution in [0.4, 0.5) is 18.9 Å². The zero-order chi connectivity index (χ0) is 18.8. The van der Waals surface area contributed by atoms with Crippen molar-refractivity contribution in [1.82, 2.24) is 0 Å². The van der Waals surface area contributed by atoms with E-state index in [2.05, 4.69) is 5.32 Å². The molecule has 0 saturated carbocycles. The topological polar surface area (TPSA) is 55.4 Å². The summed E-state index contributed by atoms with van der Waals surface area (Å²) in [6.07, 6.45) is -1.23. The number of hydrogen-bond acceptors (Lipinski definition) is 4. The minimum Gasteiger partial charge on any atom is -0.448 e. The SMILES string of the molecule is C[C@@H](OC(=O)c1cc2c(F)cccc2s1)C(=O)Nc1ccc(F)cc1F. The van der Waals surface area contributed by atoms with E-state index in [4.69, 9.17) is 4.74 Å². The number of anilines is 1. The van der Waals surface area contributed by atoms with Gasteiger partial charge in [-0.15, -0.1) is 11.3 Å². The molecule has 134 valence electrons. The number of carbonyl (C=O) groups is 2. The van der Waals surface area contributed by atoms with Crippen LogP contribution >= 0.6 is 11.3 Å². The highest BCUT2D eigenvalue weighted by Crippen LogP contribution is 2.28. The lowest BCUT2D eigenvalue weighted by Crippen LogP contribution is -2.30. The van der Waals surface area contributed by atoms with Crippen molar-refractivity contribution in [3.8, 4) is 0 Å². The van der Waals surface area contributed by atoms with E-state index in [1.165, 1.54) is 25.1 Å². The summed E-state index contributed by atoms with van der Waals surface area (Å²) >= 11 is 1.03. The summed E-state index contributed by atoms with van der Waals surface area (Å²) in [6, 6.07) is 8.48. The van der Waals surface area contributed by atoms with Gasteiger partial charge in [-0.2, -0.15) is 0 Å². The highest BCUT2D eigenvalue weighted by Gasteiger charge is 2.22. The van der Waals surface area contributed by atoms with Crippen molar-refractivity contribution in [2.45, 2.75) is 13.0 Å². The fourth-order valence-electron chi connectivity index (χ4n) is 2.22. The number of fused-ring (bicyclic) bond motifs is 1. The molecule has 26 heavy (non-hydrogen) atoms. The van der Waals surface area contributed by atoms with E-state index < -0.39 is 35.4 Å². The Balaban J connectivity index is 1.69. The number of carbonyl (C=O) groups excluding carboxylic acids is 2. The molecule has 0 spiro atoms. The number of esters is 1. The first kappa shape index (κ1) is 17.9. The van der Waals surface area contributed by atoms with Crippen molar-refractivity contribution in [3.63, 3.8) is 0 Å². The van der Waals surface area contributed by atoms with Gasteiger partial charge in [-0.25, -0.2) is 18.0 Å². The first-order valence-electron chi connectivity index (χ1n) is 7.50. The number of rotatable bonds is 4. The van der Waals surface area contributed by atoms with Gasteiger partial charge in [-0.3, -0.25) is 4.79 Å². The maximum atomic E-state index is 13.7. The lowest BCUT2D eigenvalue weighted by Gasteiger charge is -2.13. The van der Waals surface area contributed by atoms with Gasteiger partial charge in [-0.1, -0.05) is 6.07 Å². The Hall–Kier alpha value is -2.87. The Morgan fingerprint density at radius 3 is 2.54 bits per heavy atom. The van der Waals surface area contributed by atoms with Crippen LogP contribution in [0.15, 0.2) is 42.5 Å². The van der Waals surface area contributed by atoms with Crippen LogP contribution in [0.5, 0.6) is 0 Å². The van der Waals surface area contributed by atoms with Gasteiger partial charge in [0.15, 0.2) is 6.10 Å². The molecule has 0 aliphatic rings. The molecular weight excluding hydrogens is 367 g/mol. The lowest BCUT2D eigenvalue weighted by molar-refractivity contribution is -0.123. The Kier molecular flexibility index (Phi) is 4.94. The molecule has 4 nitrogen and oxygen atoms in total. The third-order valence-corrected chi connectivity index (χ3v) is 4.63. The van der Waals surface area contributed by atoms with E-state index in [0.29, 0.717) is 10.8 Å². The van der Waals surface area contributed by atoms with Gasteiger partial charge in [0.25, 0.3) is 5.91 Å². The van der Waals surface area contributed by atoms with Crippen LogP contribution in [0.1, 0.15) is 16.6 Å².